The zero-order chi connectivity index (χ0) is 29.6. The lowest BCUT2D eigenvalue weighted by molar-refractivity contribution is 0.0433. The summed E-state index contributed by atoms with van der Waals surface area (Å²) in [5.41, 5.74) is 0. The van der Waals surface area contributed by atoms with Crippen molar-refractivity contribution in [1.82, 2.24) is 0 Å². The van der Waals surface area contributed by atoms with Gasteiger partial charge in [0.05, 0.1) is 0 Å². The zero-order valence-corrected chi connectivity index (χ0v) is 29.8. The quantitative estimate of drug-likeness (QED) is 0.0547. The van der Waals surface area contributed by atoms with E-state index in [1.54, 1.807) is 0 Å². The number of unbranched alkanes of at least 4 members (excludes halogenated alkanes) is 12. The summed E-state index contributed by atoms with van der Waals surface area (Å²) >= 11 is 0. The summed E-state index contributed by atoms with van der Waals surface area (Å²) in [5.74, 6) is 0. The van der Waals surface area contributed by atoms with Gasteiger partial charge in [-0.15, -0.1) is 0 Å². The van der Waals surface area contributed by atoms with E-state index in [1.807, 2.05) is 0 Å². The first-order chi connectivity index (χ1) is 19.6. The van der Waals surface area contributed by atoms with Crippen LogP contribution in [0.2, 0.25) is 12.1 Å². The largest absolute Gasteiger partial charge is 0.500 e. The van der Waals surface area contributed by atoms with Crippen molar-refractivity contribution >= 4 is 17.6 Å². The topological polar surface area (TPSA) is 55.4 Å². The second-order valence-electron chi connectivity index (χ2n) is 11.2. The van der Waals surface area contributed by atoms with Gasteiger partial charge >= 0.3 is 17.6 Å². The molecule has 0 aliphatic rings. The van der Waals surface area contributed by atoms with Crippen LogP contribution in [-0.2, 0) is 26.6 Å². The van der Waals surface area contributed by atoms with Gasteiger partial charge in [-0.2, -0.15) is 0 Å². The summed E-state index contributed by atoms with van der Waals surface area (Å²) in [5, 5.41) is 0. The van der Waals surface area contributed by atoms with Gasteiger partial charge in [-0.3, -0.25) is 0 Å². The second kappa shape index (κ2) is 29.3. The van der Waals surface area contributed by atoms with Crippen LogP contribution in [0.15, 0.2) is 0 Å². The summed E-state index contributed by atoms with van der Waals surface area (Å²) in [6, 6.07) is 1.41. The smallest absolute Gasteiger partial charge is 0.373 e. The lowest BCUT2D eigenvalue weighted by Gasteiger charge is -2.34. The Morgan fingerprint density at radius 2 is 0.450 bits per heavy atom. The molecule has 0 saturated heterocycles. The standard InChI is InChI=1S/C32H70O6Si2/c1-7-13-19-25-33-39(34-26-20-14-8-2,35-27-21-15-9-3)31-32-40(36-28-22-16-10-4,37-29-23-17-11-5)38-30-24-18-12-6/h7-32H2,1-6H3. The van der Waals surface area contributed by atoms with Crippen molar-refractivity contribution in [2.75, 3.05) is 39.6 Å². The van der Waals surface area contributed by atoms with Crippen LogP contribution in [0.5, 0.6) is 0 Å². The Bertz CT molecular complexity index is 405. The van der Waals surface area contributed by atoms with Crippen LogP contribution >= 0.6 is 0 Å². The molecule has 0 aromatic heterocycles. The fraction of sp³-hybridized carbons (Fsp3) is 1.00. The van der Waals surface area contributed by atoms with Gasteiger partial charge in [0.25, 0.3) is 0 Å². The van der Waals surface area contributed by atoms with Crippen LogP contribution in [0.25, 0.3) is 0 Å². The summed E-state index contributed by atoms with van der Waals surface area (Å²) in [6.07, 6.45) is 20.3. The van der Waals surface area contributed by atoms with Gasteiger partial charge in [-0.1, -0.05) is 119 Å². The summed E-state index contributed by atoms with van der Waals surface area (Å²) in [6.45, 7) is 17.6. The summed E-state index contributed by atoms with van der Waals surface area (Å²) < 4.78 is 40.0. The van der Waals surface area contributed by atoms with Crippen LogP contribution in [0, 0.1) is 0 Å². The lowest BCUT2D eigenvalue weighted by Crippen LogP contribution is -2.52. The Morgan fingerprint density at radius 3 is 0.600 bits per heavy atom. The molecule has 0 rings (SSSR count). The highest BCUT2D eigenvalue weighted by atomic mass is 28.4. The highest BCUT2D eigenvalue weighted by molar-refractivity contribution is 6.66. The van der Waals surface area contributed by atoms with Gasteiger partial charge in [-0.25, -0.2) is 0 Å². The highest BCUT2D eigenvalue weighted by Gasteiger charge is 2.49. The second-order valence-corrected chi connectivity index (χ2v) is 16.7. The van der Waals surface area contributed by atoms with E-state index < -0.39 is 17.6 Å². The van der Waals surface area contributed by atoms with E-state index in [-0.39, 0.29) is 0 Å². The van der Waals surface area contributed by atoms with Crippen molar-refractivity contribution < 1.29 is 26.6 Å². The highest BCUT2D eigenvalue weighted by Crippen LogP contribution is 2.28. The maximum Gasteiger partial charge on any atom is 0.500 e. The Balaban J connectivity index is 5.89. The van der Waals surface area contributed by atoms with E-state index in [0.717, 1.165) is 77.0 Å². The SMILES string of the molecule is CCCCCO[Si](CC[Si](OCCCCC)(OCCCCC)OCCCCC)(OCCCCC)OCCCCC. The molecule has 40 heavy (non-hydrogen) atoms. The molecule has 0 fully saturated rings. The maximum atomic E-state index is 6.67. The molecule has 0 radical (unpaired) electrons. The molecule has 8 heteroatoms. The fourth-order valence-corrected chi connectivity index (χ4v) is 11.0. The summed E-state index contributed by atoms with van der Waals surface area (Å²) in [4.78, 5) is 0. The van der Waals surface area contributed by atoms with E-state index in [9.17, 15) is 0 Å². The van der Waals surface area contributed by atoms with E-state index in [2.05, 4.69) is 41.5 Å². The van der Waals surface area contributed by atoms with Crippen molar-refractivity contribution in [3.05, 3.63) is 0 Å². The molecule has 6 nitrogen and oxygen atoms in total. The first kappa shape index (κ1) is 40.2. The molecule has 0 N–H and O–H groups in total. The van der Waals surface area contributed by atoms with Gasteiger partial charge < -0.3 is 26.6 Å². The van der Waals surface area contributed by atoms with Gasteiger partial charge in [0, 0.05) is 51.7 Å². The molecular weight excluding hydrogens is 537 g/mol. The van der Waals surface area contributed by atoms with Crippen LogP contribution in [0.1, 0.15) is 157 Å². The summed E-state index contributed by atoms with van der Waals surface area (Å²) in [7, 11) is -5.85. The maximum absolute atomic E-state index is 6.67. The van der Waals surface area contributed by atoms with Crippen LogP contribution < -0.4 is 0 Å². The number of hydrogen-bond acceptors (Lipinski definition) is 6. The van der Waals surface area contributed by atoms with E-state index in [0.29, 0.717) is 51.7 Å². The van der Waals surface area contributed by atoms with Crippen molar-refractivity contribution in [1.29, 1.82) is 0 Å². The lowest BCUT2D eigenvalue weighted by atomic mass is 10.3. The third-order valence-electron chi connectivity index (χ3n) is 7.16. The van der Waals surface area contributed by atoms with E-state index >= 15 is 0 Å². The van der Waals surface area contributed by atoms with Gasteiger partial charge in [0.15, 0.2) is 0 Å². The first-order valence-corrected chi connectivity index (χ1v) is 21.3. The van der Waals surface area contributed by atoms with E-state index in [4.69, 9.17) is 26.6 Å². The minimum absolute atomic E-state index is 0.697. The molecule has 0 unspecified atom stereocenters. The molecule has 0 heterocycles. The Hall–Kier alpha value is 0.194. The zero-order valence-electron chi connectivity index (χ0n) is 27.8. The molecule has 0 atom stereocenters. The fourth-order valence-electron chi connectivity index (χ4n) is 4.47. The van der Waals surface area contributed by atoms with Gasteiger partial charge in [0.2, 0.25) is 0 Å². The average Bonchev–Trinajstić information content (AvgIpc) is 2.97. The first-order valence-electron chi connectivity index (χ1n) is 17.4. The third kappa shape index (κ3) is 21.8. The van der Waals surface area contributed by atoms with E-state index in [1.165, 1.54) is 38.5 Å². The molecule has 0 bridgehead atoms. The minimum Gasteiger partial charge on any atom is -0.373 e. The molecule has 0 amide bonds. The Kier molecular flexibility index (Phi) is 29.4. The molecule has 0 aliphatic carbocycles. The normalized spacial score (nSPS) is 12.4. The predicted molar refractivity (Wildman–Crippen MR) is 174 cm³/mol. The Morgan fingerprint density at radius 1 is 0.275 bits per heavy atom. The van der Waals surface area contributed by atoms with Crippen molar-refractivity contribution in [3.63, 3.8) is 0 Å². The molecule has 0 saturated carbocycles. The minimum atomic E-state index is -2.92. The molecule has 0 spiro atoms. The monoisotopic (exact) mass is 606 g/mol. The van der Waals surface area contributed by atoms with Crippen LogP contribution in [-0.4, -0.2) is 57.3 Å². The number of rotatable bonds is 33. The van der Waals surface area contributed by atoms with Crippen LogP contribution in [0.3, 0.4) is 0 Å². The molecular formula is C32H70O6Si2. The van der Waals surface area contributed by atoms with Gasteiger partial charge in [-0.05, 0) is 38.5 Å². The molecule has 0 aromatic rings. The third-order valence-corrected chi connectivity index (χ3v) is 13.2. The predicted octanol–water partition coefficient (Wildman–Crippen LogP) is 10.1. The molecule has 242 valence electrons. The number of hydrogen-bond donors (Lipinski definition) is 0. The van der Waals surface area contributed by atoms with Crippen molar-refractivity contribution in [2.45, 2.75) is 169 Å². The van der Waals surface area contributed by atoms with Gasteiger partial charge in [0.1, 0.15) is 0 Å². The van der Waals surface area contributed by atoms with Crippen molar-refractivity contribution in [2.24, 2.45) is 0 Å². The van der Waals surface area contributed by atoms with Crippen molar-refractivity contribution in [3.8, 4) is 0 Å². The molecule has 0 aromatic carbocycles. The Labute approximate surface area is 252 Å². The average molecular weight is 607 g/mol. The van der Waals surface area contributed by atoms with Crippen LogP contribution in [0.4, 0.5) is 0 Å². The molecule has 0 aliphatic heterocycles.